The summed E-state index contributed by atoms with van der Waals surface area (Å²) in [5.74, 6) is 0.675. The van der Waals surface area contributed by atoms with Crippen molar-refractivity contribution in [2.45, 2.75) is 51.6 Å². The molecule has 0 saturated carbocycles. The molecule has 0 spiro atoms. The second-order valence-corrected chi connectivity index (χ2v) is 9.06. The number of aromatic nitrogens is 7. The quantitative estimate of drug-likeness (QED) is 0.438. The summed E-state index contributed by atoms with van der Waals surface area (Å²) in [5, 5.41) is 11.3. The molecule has 1 aliphatic heterocycles. The van der Waals surface area contributed by atoms with Gasteiger partial charge in [-0.25, -0.2) is 14.2 Å². The van der Waals surface area contributed by atoms with Crippen molar-refractivity contribution < 1.29 is 9.18 Å². The minimum Gasteiger partial charge on any atom is -0.326 e. The summed E-state index contributed by atoms with van der Waals surface area (Å²) in [6, 6.07) is 4.42. The highest BCUT2D eigenvalue weighted by Crippen LogP contribution is 2.27. The molecule has 3 aromatic heterocycles. The maximum absolute atomic E-state index is 14.7. The lowest BCUT2D eigenvalue weighted by Crippen LogP contribution is -2.37. The number of carbonyl (C=O) groups is 1. The summed E-state index contributed by atoms with van der Waals surface area (Å²) in [5.41, 5.74) is 0.519. The Morgan fingerprint density at radius 3 is 2.78 bits per heavy atom. The first kappa shape index (κ1) is 23.6. The highest BCUT2D eigenvalue weighted by atomic mass is 19.1. The summed E-state index contributed by atoms with van der Waals surface area (Å²) in [6.45, 7) is 1.12. The number of nitrogens with one attached hydrogen (secondary N) is 1. The molecule has 0 saturated heterocycles. The standard InChI is InChI=1S/C24H27FN8O3/c1-30-22-20(23(35)31(2)24(30)36)32(14-26-22)11-6-8-19(34)27-15-9-10-17(25)16(13-15)21-29-28-18-7-4-3-5-12-33(18)21/h9-10,13-14H,3-8,11-12H2,1-2H3,(H,27,34). The van der Waals surface area contributed by atoms with Gasteiger partial charge in [0.2, 0.25) is 5.91 Å². The molecule has 0 atom stereocenters. The zero-order valence-electron chi connectivity index (χ0n) is 20.2. The molecule has 1 aliphatic rings. The van der Waals surface area contributed by atoms with E-state index in [1.165, 1.54) is 30.1 Å². The number of halogens is 1. The van der Waals surface area contributed by atoms with Crippen LogP contribution in [-0.4, -0.2) is 39.4 Å². The van der Waals surface area contributed by atoms with Crippen LogP contribution in [-0.2, 0) is 38.4 Å². The molecule has 5 rings (SSSR count). The van der Waals surface area contributed by atoms with E-state index in [2.05, 4.69) is 20.5 Å². The van der Waals surface area contributed by atoms with Gasteiger partial charge < -0.3 is 14.5 Å². The fraction of sp³-hybridized carbons (Fsp3) is 0.417. The van der Waals surface area contributed by atoms with E-state index in [1.807, 2.05) is 4.57 Å². The number of hydrogen-bond donors (Lipinski definition) is 1. The van der Waals surface area contributed by atoms with Crippen molar-refractivity contribution in [2.75, 3.05) is 5.32 Å². The van der Waals surface area contributed by atoms with Crippen molar-refractivity contribution >= 4 is 22.8 Å². The van der Waals surface area contributed by atoms with Crippen LogP contribution >= 0.6 is 0 Å². The number of amides is 1. The molecule has 36 heavy (non-hydrogen) atoms. The lowest BCUT2D eigenvalue weighted by molar-refractivity contribution is -0.116. The Morgan fingerprint density at radius 2 is 1.94 bits per heavy atom. The van der Waals surface area contributed by atoms with Gasteiger partial charge in [0, 0.05) is 45.7 Å². The molecule has 4 aromatic rings. The zero-order valence-corrected chi connectivity index (χ0v) is 20.2. The molecule has 0 aliphatic carbocycles. The van der Waals surface area contributed by atoms with Crippen LogP contribution in [0.25, 0.3) is 22.6 Å². The third-order valence-electron chi connectivity index (χ3n) is 6.62. The van der Waals surface area contributed by atoms with Crippen molar-refractivity contribution in [1.82, 2.24) is 33.4 Å². The second-order valence-electron chi connectivity index (χ2n) is 9.06. The first-order valence-corrected chi connectivity index (χ1v) is 12.0. The van der Waals surface area contributed by atoms with Crippen LogP contribution in [0.4, 0.5) is 10.1 Å². The average Bonchev–Trinajstić information content (AvgIpc) is 3.39. The van der Waals surface area contributed by atoms with E-state index in [4.69, 9.17) is 0 Å². The van der Waals surface area contributed by atoms with E-state index in [0.717, 1.165) is 42.6 Å². The molecule has 1 aromatic carbocycles. The van der Waals surface area contributed by atoms with Gasteiger partial charge in [-0.15, -0.1) is 10.2 Å². The predicted molar refractivity (Wildman–Crippen MR) is 131 cm³/mol. The third kappa shape index (κ3) is 4.23. The number of imidazole rings is 1. The molecular formula is C24H27FN8O3. The maximum Gasteiger partial charge on any atom is 0.332 e. The van der Waals surface area contributed by atoms with Gasteiger partial charge in [0.25, 0.3) is 5.56 Å². The van der Waals surface area contributed by atoms with Crippen molar-refractivity contribution in [3.05, 3.63) is 57.0 Å². The Labute approximate surface area is 205 Å². The minimum atomic E-state index is -0.446. The number of fused-ring (bicyclic) bond motifs is 2. The maximum atomic E-state index is 14.7. The molecule has 0 radical (unpaired) electrons. The normalized spacial score (nSPS) is 13.5. The largest absolute Gasteiger partial charge is 0.332 e. The summed E-state index contributed by atoms with van der Waals surface area (Å²) < 4.78 is 20.7. The topological polar surface area (TPSA) is 122 Å². The lowest BCUT2D eigenvalue weighted by atomic mass is 10.1. The molecular weight excluding hydrogens is 467 g/mol. The van der Waals surface area contributed by atoms with Crippen LogP contribution in [0.1, 0.15) is 37.9 Å². The summed E-state index contributed by atoms with van der Waals surface area (Å²) in [6.07, 6.45) is 6.07. The predicted octanol–water partition coefficient (Wildman–Crippen LogP) is 1.98. The van der Waals surface area contributed by atoms with Crippen LogP contribution in [0.2, 0.25) is 0 Å². The Morgan fingerprint density at radius 1 is 1.11 bits per heavy atom. The second kappa shape index (κ2) is 9.51. The third-order valence-corrected chi connectivity index (χ3v) is 6.62. The van der Waals surface area contributed by atoms with Crippen molar-refractivity contribution in [3.8, 4) is 11.4 Å². The van der Waals surface area contributed by atoms with E-state index >= 15 is 0 Å². The van der Waals surface area contributed by atoms with Crippen LogP contribution in [0, 0.1) is 5.82 Å². The molecule has 11 nitrogen and oxygen atoms in total. The number of aryl methyl sites for hydroxylation is 3. The van der Waals surface area contributed by atoms with Crippen LogP contribution in [0.3, 0.4) is 0 Å². The van der Waals surface area contributed by atoms with Gasteiger partial charge in [-0.2, -0.15) is 0 Å². The van der Waals surface area contributed by atoms with Crippen molar-refractivity contribution in [2.24, 2.45) is 14.1 Å². The highest BCUT2D eigenvalue weighted by molar-refractivity contribution is 5.91. The Kier molecular flexibility index (Phi) is 6.25. The monoisotopic (exact) mass is 494 g/mol. The van der Waals surface area contributed by atoms with Crippen LogP contribution in [0.15, 0.2) is 34.1 Å². The molecule has 0 bridgehead atoms. The Balaban J connectivity index is 1.27. The Hall–Kier alpha value is -4.09. The molecule has 0 fully saturated rings. The van der Waals surface area contributed by atoms with Gasteiger partial charge in [-0.3, -0.25) is 18.7 Å². The van der Waals surface area contributed by atoms with E-state index in [1.54, 1.807) is 17.7 Å². The number of hydrogen-bond acceptors (Lipinski definition) is 6. The smallest absolute Gasteiger partial charge is 0.326 e. The highest BCUT2D eigenvalue weighted by Gasteiger charge is 2.19. The summed E-state index contributed by atoms with van der Waals surface area (Å²) in [4.78, 5) is 41.4. The van der Waals surface area contributed by atoms with Gasteiger partial charge in [0.1, 0.15) is 11.6 Å². The minimum absolute atomic E-state index is 0.179. The number of nitrogens with zero attached hydrogens (tertiary/aromatic N) is 7. The number of anilines is 1. The number of benzene rings is 1. The SMILES string of the molecule is Cn1c(=O)c2c(ncn2CCCC(=O)Nc2ccc(F)c(-c3nnc4n3CCCCC4)c2)n(C)c1=O. The van der Waals surface area contributed by atoms with E-state index in [0.29, 0.717) is 41.2 Å². The molecule has 1 N–H and O–H groups in total. The van der Waals surface area contributed by atoms with Gasteiger partial charge in [0.05, 0.1) is 11.9 Å². The zero-order chi connectivity index (χ0) is 25.4. The molecule has 0 unspecified atom stereocenters. The van der Waals surface area contributed by atoms with Crippen molar-refractivity contribution in [3.63, 3.8) is 0 Å². The van der Waals surface area contributed by atoms with E-state index < -0.39 is 17.1 Å². The fourth-order valence-corrected chi connectivity index (χ4v) is 4.66. The van der Waals surface area contributed by atoms with E-state index in [9.17, 15) is 18.8 Å². The fourth-order valence-electron chi connectivity index (χ4n) is 4.66. The molecule has 4 heterocycles. The van der Waals surface area contributed by atoms with Gasteiger partial charge in [0.15, 0.2) is 17.0 Å². The first-order valence-electron chi connectivity index (χ1n) is 12.0. The number of rotatable bonds is 6. The van der Waals surface area contributed by atoms with Gasteiger partial charge in [-0.1, -0.05) is 6.42 Å². The summed E-state index contributed by atoms with van der Waals surface area (Å²) in [7, 11) is 2.98. The van der Waals surface area contributed by atoms with Crippen LogP contribution < -0.4 is 16.6 Å². The number of carbonyl (C=O) groups excluding carboxylic acids is 1. The molecule has 188 valence electrons. The van der Waals surface area contributed by atoms with Crippen LogP contribution in [0.5, 0.6) is 0 Å². The van der Waals surface area contributed by atoms with Crippen molar-refractivity contribution in [1.29, 1.82) is 0 Å². The average molecular weight is 495 g/mol. The molecule has 12 heteroatoms. The lowest BCUT2D eigenvalue weighted by Gasteiger charge is -2.11. The van der Waals surface area contributed by atoms with Gasteiger partial charge >= 0.3 is 5.69 Å². The van der Waals surface area contributed by atoms with Gasteiger partial charge in [-0.05, 0) is 37.5 Å². The first-order chi connectivity index (χ1) is 17.3. The van der Waals surface area contributed by atoms with E-state index in [-0.39, 0.29) is 12.3 Å². The summed E-state index contributed by atoms with van der Waals surface area (Å²) >= 11 is 0. The Bertz CT molecular complexity index is 1580. The molecule has 1 amide bonds.